The summed E-state index contributed by atoms with van der Waals surface area (Å²) < 4.78 is 0. The zero-order valence-corrected chi connectivity index (χ0v) is 8.01. The number of hydrogen-bond donors (Lipinski definition) is 1. The van der Waals surface area contributed by atoms with Crippen molar-refractivity contribution in [3.8, 4) is 6.07 Å². The number of nitriles is 1. The van der Waals surface area contributed by atoms with Crippen molar-refractivity contribution >= 4 is 5.82 Å². The maximum absolute atomic E-state index is 8.82. The van der Waals surface area contributed by atoms with Gasteiger partial charge in [0.05, 0.1) is 18.4 Å². The molecule has 5 nitrogen and oxygen atoms in total. The van der Waals surface area contributed by atoms with Gasteiger partial charge in [-0.05, 0) is 13.0 Å². The summed E-state index contributed by atoms with van der Waals surface area (Å²) in [5.74, 6) is 0.534. The third kappa shape index (κ3) is 2.18. The second-order valence-electron chi connectivity index (χ2n) is 2.68. The summed E-state index contributed by atoms with van der Waals surface area (Å²) in [7, 11) is 0. The molecule has 0 bridgehead atoms. The Kier molecular flexibility index (Phi) is 3.83. The van der Waals surface area contributed by atoms with Gasteiger partial charge in [0.25, 0.3) is 0 Å². The Hall–Kier alpha value is -1.67. The lowest BCUT2D eigenvalue weighted by atomic mass is 10.3. The largest absolute Gasteiger partial charge is 0.395 e. The van der Waals surface area contributed by atoms with Crippen molar-refractivity contribution in [2.24, 2.45) is 0 Å². The maximum atomic E-state index is 8.82. The molecule has 0 spiro atoms. The molecule has 0 aliphatic heterocycles. The summed E-state index contributed by atoms with van der Waals surface area (Å²) >= 11 is 0. The highest BCUT2D eigenvalue weighted by atomic mass is 16.3. The highest BCUT2D eigenvalue weighted by Gasteiger charge is 2.10. The van der Waals surface area contributed by atoms with E-state index >= 15 is 0 Å². The zero-order valence-electron chi connectivity index (χ0n) is 8.01. The minimum Gasteiger partial charge on any atom is -0.395 e. The number of rotatable bonds is 4. The Morgan fingerprint density at radius 1 is 1.64 bits per heavy atom. The van der Waals surface area contributed by atoms with Crippen molar-refractivity contribution in [1.29, 1.82) is 5.26 Å². The number of hydrogen-bond acceptors (Lipinski definition) is 5. The highest BCUT2D eigenvalue weighted by molar-refractivity contribution is 5.52. The summed E-state index contributed by atoms with van der Waals surface area (Å²) in [6, 6.07) is 3.66. The summed E-state index contributed by atoms with van der Waals surface area (Å²) in [5.41, 5.74) is 0.482. The Balaban J connectivity index is 2.97. The zero-order chi connectivity index (χ0) is 10.4. The van der Waals surface area contributed by atoms with Crippen molar-refractivity contribution < 1.29 is 5.11 Å². The number of nitrogens with zero attached hydrogens (tertiary/aromatic N) is 4. The van der Waals surface area contributed by atoms with E-state index in [9.17, 15) is 0 Å². The minimum absolute atomic E-state index is 0.0370. The van der Waals surface area contributed by atoms with Gasteiger partial charge in [0.15, 0.2) is 5.82 Å². The normalized spacial score (nSPS) is 9.50. The van der Waals surface area contributed by atoms with Crippen LogP contribution in [-0.2, 0) is 0 Å². The smallest absolute Gasteiger partial charge is 0.169 e. The van der Waals surface area contributed by atoms with Crippen LogP contribution in [0, 0.1) is 11.3 Å². The van der Waals surface area contributed by atoms with E-state index in [1.807, 2.05) is 17.9 Å². The van der Waals surface area contributed by atoms with Crippen molar-refractivity contribution in [2.75, 3.05) is 24.6 Å². The van der Waals surface area contributed by atoms with Gasteiger partial charge < -0.3 is 10.0 Å². The third-order valence-electron chi connectivity index (χ3n) is 1.87. The van der Waals surface area contributed by atoms with Crippen LogP contribution in [0.25, 0.3) is 0 Å². The van der Waals surface area contributed by atoms with E-state index in [4.69, 9.17) is 10.4 Å². The van der Waals surface area contributed by atoms with Crippen LogP contribution >= 0.6 is 0 Å². The summed E-state index contributed by atoms with van der Waals surface area (Å²) in [6.45, 7) is 3.12. The van der Waals surface area contributed by atoms with Gasteiger partial charge in [-0.1, -0.05) is 0 Å². The molecule has 5 heteroatoms. The molecule has 0 saturated carbocycles. The lowest BCUT2D eigenvalue weighted by Gasteiger charge is -2.20. The second kappa shape index (κ2) is 5.14. The molecule has 14 heavy (non-hydrogen) atoms. The first-order chi connectivity index (χ1) is 6.83. The van der Waals surface area contributed by atoms with Crippen molar-refractivity contribution in [1.82, 2.24) is 10.2 Å². The van der Waals surface area contributed by atoms with Crippen LogP contribution in [0.4, 0.5) is 5.82 Å². The average Bonchev–Trinajstić information content (AvgIpc) is 2.26. The summed E-state index contributed by atoms with van der Waals surface area (Å²) in [5, 5.41) is 25.2. The predicted octanol–water partition coefficient (Wildman–Crippen LogP) is 0.167. The van der Waals surface area contributed by atoms with Crippen LogP contribution in [0.1, 0.15) is 12.5 Å². The van der Waals surface area contributed by atoms with Crippen LogP contribution in [0.5, 0.6) is 0 Å². The Morgan fingerprint density at radius 2 is 2.43 bits per heavy atom. The fourth-order valence-corrected chi connectivity index (χ4v) is 1.18. The molecule has 0 atom stereocenters. The number of anilines is 1. The van der Waals surface area contributed by atoms with E-state index in [2.05, 4.69) is 10.2 Å². The first-order valence-electron chi connectivity index (χ1n) is 4.41. The van der Waals surface area contributed by atoms with Crippen LogP contribution in [0.3, 0.4) is 0 Å². The molecule has 74 valence electrons. The lowest BCUT2D eigenvalue weighted by Crippen LogP contribution is -2.28. The molecule has 1 N–H and O–H groups in total. The van der Waals surface area contributed by atoms with E-state index in [1.54, 1.807) is 6.07 Å². The van der Waals surface area contributed by atoms with Crippen LogP contribution in [0.2, 0.25) is 0 Å². The van der Waals surface area contributed by atoms with E-state index in [0.29, 0.717) is 24.5 Å². The van der Waals surface area contributed by atoms with Crippen LogP contribution < -0.4 is 4.90 Å². The van der Waals surface area contributed by atoms with E-state index in [-0.39, 0.29) is 6.61 Å². The van der Waals surface area contributed by atoms with Crippen LogP contribution in [0.15, 0.2) is 12.3 Å². The van der Waals surface area contributed by atoms with Gasteiger partial charge in [0.2, 0.25) is 0 Å². The first-order valence-corrected chi connectivity index (χ1v) is 4.41. The Labute approximate surface area is 82.6 Å². The van der Waals surface area contributed by atoms with Crippen molar-refractivity contribution in [3.63, 3.8) is 0 Å². The molecular weight excluding hydrogens is 180 g/mol. The van der Waals surface area contributed by atoms with Crippen LogP contribution in [-0.4, -0.2) is 35.0 Å². The fraction of sp³-hybridized carbons (Fsp3) is 0.444. The van der Waals surface area contributed by atoms with E-state index in [1.165, 1.54) is 6.20 Å². The van der Waals surface area contributed by atoms with E-state index < -0.39 is 0 Å². The van der Waals surface area contributed by atoms with Gasteiger partial charge in [-0.3, -0.25) is 0 Å². The fourth-order valence-electron chi connectivity index (χ4n) is 1.18. The number of aliphatic hydroxyl groups is 1. The molecular formula is C9H12N4O. The van der Waals surface area contributed by atoms with Gasteiger partial charge in [-0.25, -0.2) is 0 Å². The molecule has 0 amide bonds. The molecule has 0 aliphatic carbocycles. The molecule has 0 aliphatic rings. The molecule has 0 fully saturated rings. The van der Waals surface area contributed by atoms with Crippen molar-refractivity contribution in [3.05, 3.63) is 17.8 Å². The lowest BCUT2D eigenvalue weighted by molar-refractivity contribution is 0.302. The second-order valence-corrected chi connectivity index (χ2v) is 2.68. The number of aromatic nitrogens is 2. The molecule has 0 unspecified atom stereocenters. The molecule has 1 heterocycles. The SMILES string of the molecule is CCN(CCO)c1nnccc1C#N. The number of aliphatic hydroxyl groups excluding tert-OH is 1. The summed E-state index contributed by atoms with van der Waals surface area (Å²) in [6.07, 6.45) is 1.48. The van der Waals surface area contributed by atoms with Gasteiger partial charge in [-0.15, -0.1) is 5.10 Å². The monoisotopic (exact) mass is 192 g/mol. The minimum atomic E-state index is 0.0370. The van der Waals surface area contributed by atoms with E-state index in [0.717, 1.165) is 0 Å². The molecule has 0 radical (unpaired) electrons. The summed E-state index contributed by atoms with van der Waals surface area (Å²) in [4.78, 5) is 1.81. The van der Waals surface area contributed by atoms with Crippen molar-refractivity contribution in [2.45, 2.75) is 6.92 Å². The Morgan fingerprint density at radius 3 is 3.00 bits per heavy atom. The van der Waals surface area contributed by atoms with Gasteiger partial charge in [0, 0.05) is 13.1 Å². The predicted molar refractivity (Wildman–Crippen MR) is 51.7 cm³/mol. The van der Waals surface area contributed by atoms with Gasteiger partial charge in [0.1, 0.15) is 6.07 Å². The quantitative estimate of drug-likeness (QED) is 0.736. The standard InChI is InChI=1S/C9H12N4O/c1-2-13(5-6-14)9-8(7-10)3-4-11-12-9/h3-4,14H,2,5-6H2,1H3. The third-order valence-corrected chi connectivity index (χ3v) is 1.87. The molecule has 1 rings (SSSR count). The molecule has 1 aromatic heterocycles. The highest BCUT2D eigenvalue weighted by Crippen LogP contribution is 2.13. The Bertz CT molecular complexity index is 334. The molecule has 1 aromatic rings. The number of likely N-dealkylation sites (N-methyl/N-ethyl adjacent to an activating group) is 1. The average molecular weight is 192 g/mol. The topological polar surface area (TPSA) is 73.0 Å². The van der Waals surface area contributed by atoms with Gasteiger partial charge in [-0.2, -0.15) is 10.4 Å². The van der Waals surface area contributed by atoms with Gasteiger partial charge >= 0.3 is 0 Å². The molecule has 0 saturated heterocycles. The maximum Gasteiger partial charge on any atom is 0.169 e. The first kappa shape index (κ1) is 10.4. The molecule has 0 aromatic carbocycles.